The summed E-state index contributed by atoms with van der Waals surface area (Å²) in [5.74, 6) is 1.81. The number of anilines is 2. The van der Waals surface area contributed by atoms with Gasteiger partial charge in [-0.05, 0) is 19.3 Å². The monoisotopic (exact) mass is 478 g/mol. The Bertz CT molecular complexity index is 991. The molecule has 9 nitrogen and oxygen atoms in total. The number of aryl methyl sites for hydroxylation is 2. The van der Waals surface area contributed by atoms with Crippen LogP contribution >= 0.6 is 11.3 Å². The quantitative estimate of drug-likeness (QED) is 0.494. The van der Waals surface area contributed by atoms with Crippen LogP contribution < -0.4 is 9.80 Å². The molecule has 0 aliphatic carbocycles. The van der Waals surface area contributed by atoms with Gasteiger partial charge in [-0.15, -0.1) is 11.3 Å². The molecule has 2 aromatic rings. The smallest absolute Gasteiger partial charge is 0.358 e. The van der Waals surface area contributed by atoms with Crippen molar-refractivity contribution in [2.75, 3.05) is 48.9 Å². The van der Waals surface area contributed by atoms with Crippen molar-refractivity contribution >= 4 is 40.2 Å². The van der Waals surface area contributed by atoms with Gasteiger partial charge < -0.3 is 19.3 Å². The highest BCUT2D eigenvalue weighted by Gasteiger charge is 2.42. The number of aromatic nitrogens is 3. The molecule has 172 valence electrons. The number of fused-ring (bicyclic) bond motifs is 1. The summed E-state index contributed by atoms with van der Waals surface area (Å²) < 4.78 is 21.7. The molecule has 0 radical (unpaired) electrons. The Labute approximate surface area is 194 Å². The van der Waals surface area contributed by atoms with Crippen LogP contribution in [0.1, 0.15) is 41.0 Å². The van der Waals surface area contributed by atoms with E-state index in [1.54, 1.807) is 5.38 Å². The Morgan fingerprint density at radius 2 is 2.12 bits per heavy atom. The van der Waals surface area contributed by atoms with Crippen LogP contribution in [0.25, 0.3) is 0 Å². The minimum atomic E-state index is -0.816. The van der Waals surface area contributed by atoms with Crippen molar-refractivity contribution in [3.8, 4) is 0 Å². The van der Waals surface area contributed by atoms with E-state index in [2.05, 4.69) is 16.9 Å². The van der Waals surface area contributed by atoms with Gasteiger partial charge in [-0.3, -0.25) is 0 Å². The molecule has 1 unspecified atom stereocenters. The maximum atomic E-state index is 12.4. The van der Waals surface area contributed by atoms with Gasteiger partial charge in [-0.25, -0.2) is 14.8 Å². The largest absolute Gasteiger partial charge is 0.454 e. The van der Waals surface area contributed by atoms with Crippen LogP contribution in [0.2, 0.25) is 0 Å². The molecule has 0 bridgehead atoms. The molecule has 0 saturated carbocycles. The maximum Gasteiger partial charge on any atom is 0.358 e. The minimum absolute atomic E-state index is 0.199. The maximum absolute atomic E-state index is 12.4. The zero-order valence-electron chi connectivity index (χ0n) is 18.3. The summed E-state index contributed by atoms with van der Waals surface area (Å²) >= 11 is 0.664. The van der Waals surface area contributed by atoms with E-state index >= 15 is 0 Å². The lowest BCUT2D eigenvalue weighted by Gasteiger charge is -2.39. The molecular formula is C21H28N5O4S2+. The second kappa shape index (κ2) is 9.12. The molecule has 3 aliphatic heterocycles. The second-order valence-electron chi connectivity index (χ2n) is 8.31. The Hall–Kier alpha value is -1.95. The number of hydrogen-bond donors (Lipinski definition) is 1. The van der Waals surface area contributed by atoms with Crippen LogP contribution in [0.15, 0.2) is 10.3 Å². The molecule has 0 amide bonds. The summed E-state index contributed by atoms with van der Waals surface area (Å²) in [5.41, 5.74) is 1.32. The normalized spacial score (nSPS) is 21.3. The standard InChI is InChI=1S/C21H28N5O4S2/c1-3-17-22-16(12-31-17)20(27)30-14-10-26(11-14)21-23-15-6-9-32(28)18(15)19(24-21)25(2)13-4-7-29-8-5-13/h12-14,28H,3-11H2,1-2H3/q+1. The average Bonchev–Trinajstić information content (AvgIpc) is 3.42. The van der Waals surface area contributed by atoms with E-state index in [1.807, 2.05) is 11.8 Å². The van der Waals surface area contributed by atoms with Crippen LogP contribution in [-0.4, -0.2) is 76.7 Å². The second-order valence-corrected chi connectivity index (χ2v) is 10.8. The molecule has 1 atom stereocenters. The lowest BCUT2D eigenvalue weighted by Crippen LogP contribution is -2.54. The first-order valence-electron chi connectivity index (χ1n) is 11.0. The van der Waals surface area contributed by atoms with E-state index in [-0.39, 0.29) is 12.1 Å². The molecule has 2 fully saturated rings. The van der Waals surface area contributed by atoms with Crippen molar-refractivity contribution in [1.29, 1.82) is 0 Å². The van der Waals surface area contributed by atoms with Crippen molar-refractivity contribution in [2.45, 2.75) is 49.6 Å². The molecule has 3 aliphatic rings. The highest BCUT2D eigenvalue weighted by Crippen LogP contribution is 2.36. The zero-order valence-corrected chi connectivity index (χ0v) is 20.0. The third-order valence-corrected chi connectivity index (χ3v) is 8.69. The molecule has 5 rings (SSSR count). The number of nitrogens with zero attached hydrogens (tertiary/aromatic N) is 5. The summed E-state index contributed by atoms with van der Waals surface area (Å²) in [6, 6.07) is 0.337. The van der Waals surface area contributed by atoms with E-state index < -0.39 is 11.2 Å². The van der Waals surface area contributed by atoms with E-state index in [1.165, 1.54) is 11.3 Å². The van der Waals surface area contributed by atoms with Gasteiger partial charge in [-0.2, -0.15) is 9.54 Å². The zero-order chi connectivity index (χ0) is 22.2. The Morgan fingerprint density at radius 3 is 2.84 bits per heavy atom. The molecule has 32 heavy (non-hydrogen) atoms. The number of carbonyl (C=O) groups is 1. The Kier molecular flexibility index (Phi) is 6.24. The fourth-order valence-electron chi connectivity index (χ4n) is 4.26. The number of esters is 1. The Morgan fingerprint density at radius 1 is 1.34 bits per heavy atom. The Balaban J connectivity index is 1.29. The summed E-state index contributed by atoms with van der Waals surface area (Å²) in [6.45, 7) is 4.62. The summed E-state index contributed by atoms with van der Waals surface area (Å²) in [6.07, 6.45) is 3.26. The van der Waals surface area contributed by atoms with Gasteiger partial charge in [0, 0.05) is 38.1 Å². The number of carbonyl (C=O) groups excluding carboxylic acids is 1. The van der Waals surface area contributed by atoms with Crippen molar-refractivity contribution in [3.63, 3.8) is 0 Å². The number of thiazole rings is 1. The first kappa shape index (κ1) is 21.9. The van der Waals surface area contributed by atoms with Crippen LogP contribution in [0.3, 0.4) is 0 Å². The third kappa shape index (κ3) is 4.18. The molecule has 2 saturated heterocycles. The van der Waals surface area contributed by atoms with Gasteiger partial charge in [0.05, 0.1) is 18.1 Å². The topological polar surface area (TPSA) is 101 Å². The third-order valence-electron chi connectivity index (χ3n) is 6.21. The predicted molar refractivity (Wildman–Crippen MR) is 124 cm³/mol. The van der Waals surface area contributed by atoms with Crippen molar-refractivity contribution < 1.29 is 18.8 Å². The summed E-state index contributed by atoms with van der Waals surface area (Å²) in [4.78, 5) is 31.4. The molecule has 11 heteroatoms. The molecule has 1 N–H and O–H groups in total. The van der Waals surface area contributed by atoms with Gasteiger partial charge in [-0.1, -0.05) is 6.92 Å². The fourth-order valence-corrected chi connectivity index (χ4v) is 6.38. The van der Waals surface area contributed by atoms with Gasteiger partial charge in [0.1, 0.15) is 11.8 Å². The van der Waals surface area contributed by atoms with Crippen LogP contribution in [0.4, 0.5) is 11.8 Å². The lowest BCUT2D eigenvalue weighted by molar-refractivity contribution is 0.0225. The number of rotatable bonds is 6. The lowest BCUT2D eigenvalue weighted by atomic mass is 10.1. The molecule has 2 aromatic heterocycles. The van der Waals surface area contributed by atoms with E-state index in [9.17, 15) is 9.35 Å². The van der Waals surface area contributed by atoms with Crippen molar-refractivity contribution in [1.82, 2.24) is 15.0 Å². The summed E-state index contributed by atoms with van der Waals surface area (Å²) in [7, 11) is 2.05. The van der Waals surface area contributed by atoms with Crippen molar-refractivity contribution in [3.05, 3.63) is 21.8 Å². The first-order valence-corrected chi connectivity index (χ1v) is 13.3. The molecular weight excluding hydrogens is 450 g/mol. The molecule has 0 aromatic carbocycles. The fraction of sp³-hybridized carbons (Fsp3) is 0.619. The highest BCUT2D eigenvalue weighted by molar-refractivity contribution is 7.92. The van der Waals surface area contributed by atoms with Gasteiger partial charge in [0.25, 0.3) is 4.90 Å². The van der Waals surface area contributed by atoms with Gasteiger partial charge in [0.15, 0.2) is 28.4 Å². The average molecular weight is 479 g/mol. The van der Waals surface area contributed by atoms with Gasteiger partial charge >= 0.3 is 5.97 Å². The minimum Gasteiger partial charge on any atom is -0.454 e. The van der Waals surface area contributed by atoms with Gasteiger partial charge in [0.2, 0.25) is 5.95 Å². The van der Waals surface area contributed by atoms with Crippen LogP contribution in [0, 0.1) is 0 Å². The van der Waals surface area contributed by atoms with E-state index in [0.29, 0.717) is 36.5 Å². The SMILES string of the molecule is CCc1nc(C(=O)OC2CN(c3nc4c(c(N(C)C5CCOCC5)n3)[S+](O)CC4)C2)cs1. The summed E-state index contributed by atoms with van der Waals surface area (Å²) in [5, 5.41) is 2.69. The number of hydrogen-bond acceptors (Lipinski definition) is 10. The number of ether oxygens (including phenoxy) is 2. The highest BCUT2D eigenvalue weighted by atomic mass is 32.2. The van der Waals surface area contributed by atoms with Crippen LogP contribution in [0.5, 0.6) is 0 Å². The van der Waals surface area contributed by atoms with Crippen molar-refractivity contribution in [2.24, 2.45) is 0 Å². The van der Waals surface area contributed by atoms with Crippen LogP contribution in [-0.2, 0) is 33.5 Å². The van der Waals surface area contributed by atoms with E-state index in [0.717, 1.165) is 60.3 Å². The van der Waals surface area contributed by atoms with E-state index in [4.69, 9.17) is 19.4 Å². The molecule has 5 heterocycles. The first-order chi connectivity index (χ1) is 15.5. The predicted octanol–water partition coefficient (Wildman–Crippen LogP) is 2.16. The molecule has 0 spiro atoms.